The molecule has 0 fully saturated rings. The molecule has 100 valence electrons. The summed E-state index contributed by atoms with van der Waals surface area (Å²) in [6.45, 7) is 1.94. The van der Waals surface area contributed by atoms with Gasteiger partial charge in [-0.2, -0.15) is 0 Å². The van der Waals surface area contributed by atoms with Gasteiger partial charge in [-0.05, 0) is 47.9 Å². The number of hydrogen-bond donors (Lipinski definition) is 2. The van der Waals surface area contributed by atoms with Crippen molar-refractivity contribution in [3.63, 3.8) is 0 Å². The van der Waals surface area contributed by atoms with Gasteiger partial charge >= 0.3 is 0 Å². The lowest BCUT2D eigenvalue weighted by Crippen LogP contribution is -2.29. The van der Waals surface area contributed by atoms with Crippen LogP contribution < -0.4 is 11.3 Å². The van der Waals surface area contributed by atoms with Crippen LogP contribution in [0.4, 0.5) is 0 Å². The van der Waals surface area contributed by atoms with Gasteiger partial charge in [0.2, 0.25) is 0 Å². The maximum absolute atomic E-state index is 6.21. The van der Waals surface area contributed by atoms with Gasteiger partial charge in [0.15, 0.2) is 0 Å². The fraction of sp³-hybridized carbons (Fsp3) is 0.143. The minimum Gasteiger partial charge on any atom is -0.271 e. The number of aryl methyl sites for hydroxylation is 1. The highest BCUT2D eigenvalue weighted by Gasteiger charge is 2.16. The van der Waals surface area contributed by atoms with Crippen LogP contribution in [0.25, 0.3) is 0 Å². The van der Waals surface area contributed by atoms with E-state index in [1.165, 1.54) is 0 Å². The van der Waals surface area contributed by atoms with Gasteiger partial charge in [-0.25, -0.2) is 5.43 Å². The molecule has 0 aromatic heterocycles. The smallest absolute Gasteiger partial charge is 0.0725 e. The first-order valence-corrected chi connectivity index (χ1v) is 6.83. The Morgan fingerprint density at radius 2 is 1.68 bits per heavy atom. The van der Waals surface area contributed by atoms with E-state index in [1.807, 2.05) is 25.1 Å². The zero-order chi connectivity index (χ0) is 14.0. The average molecular weight is 316 g/mol. The van der Waals surface area contributed by atoms with Crippen molar-refractivity contribution in [3.8, 4) is 0 Å². The summed E-state index contributed by atoms with van der Waals surface area (Å²) in [6, 6.07) is 10.8. The van der Waals surface area contributed by atoms with Gasteiger partial charge in [-0.1, -0.05) is 46.9 Å². The molecular weight excluding hydrogens is 303 g/mol. The van der Waals surface area contributed by atoms with Crippen molar-refractivity contribution in [2.75, 3.05) is 0 Å². The molecule has 0 saturated carbocycles. The quantitative estimate of drug-likeness (QED) is 0.646. The summed E-state index contributed by atoms with van der Waals surface area (Å²) < 4.78 is 0. The van der Waals surface area contributed by atoms with Crippen LogP contribution in [-0.2, 0) is 0 Å². The molecule has 2 aromatic carbocycles. The molecule has 0 aliphatic heterocycles. The van der Waals surface area contributed by atoms with E-state index in [0.717, 1.165) is 21.7 Å². The van der Waals surface area contributed by atoms with Crippen molar-refractivity contribution in [3.05, 3.63) is 68.2 Å². The van der Waals surface area contributed by atoms with E-state index in [1.54, 1.807) is 18.2 Å². The lowest BCUT2D eigenvalue weighted by Gasteiger charge is -2.19. The molecule has 0 heterocycles. The van der Waals surface area contributed by atoms with E-state index in [2.05, 4.69) is 5.43 Å². The number of nitrogens with two attached hydrogens (primary N) is 1. The first-order chi connectivity index (χ1) is 9.02. The number of halogens is 3. The maximum Gasteiger partial charge on any atom is 0.0725 e. The van der Waals surface area contributed by atoms with Crippen molar-refractivity contribution in [1.29, 1.82) is 0 Å². The molecule has 19 heavy (non-hydrogen) atoms. The SMILES string of the molecule is Cc1cc(C(NN)c2cc(Cl)ccc2Cl)ccc1Cl. The first kappa shape index (κ1) is 14.6. The van der Waals surface area contributed by atoms with Crippen LogP contribution in [0.2, 0.25) is 15.1 Å². The molecule has 2 rings (SSSR count). The molecule has 1 unspecified atom stereocenters. The summed E-state index contributed by atoms with van der Waals surface area (Å²) in [7, 11) is 0. The highest BCUT2D eigenvalue weighted by atomic mass is 35.5. The third-order valence-electron chi connectivity index (χ3n) is 2.95. The second-order valence-corrected chi connectivity index (χ2v) is 5.52. The molecule has 5 heteroatoms. The predicted molar refractivity (Wildman–Crippen MR) is 81.8 cm³/mol. The Morgan fingerprint density at radius 1 is 1.00 bits per heavy atom. The fourth-order valence-corrected chi connectivity index (χ4v) is 2.47. The van der Waals surface area contributed by atoms with Crippen LogP contribution in [0.15, 0.2) is 36.4 Å². The lowest BCUT2D eigenvalue weighted by atomic mass is 9.98. The van der Waals surface area contributed by atoms with Crippen LogP contribution in [-0.4, -0.2) is 0 Å². The van der Waals surface area contributed by atoms with E-state index in [4.69, 9.17) is 40.6 Å². The van der Waals surface area contributed by atoms with Gasteiger partial charge in [0, 0.05) is 15.1 Å². The number of nitrogens with one attached hydrogen (secondary N) is 1. The molecule has 0 aliphatic carbocycles. The Morgan fingerprint density at radius 3 is 2.32 bits per heavy atom. The Bertz CT molecular complexity index is 599. The molecule has 1 atom stereocenters. The van der Waals surface area contributed by atoms with Crippen molar-refractivity contribution in [2.45, 2.75) is 13.0 Å². The molecule has 0 bridgehead atoms. The highest BCUT2D eigenvalue weighted by Crippen LogP contribution is 2.31. The van der Waals surface area contributed by atoms with Crippen molar-refractivity contribution in [1.82, 2.24) is 5.43 Å². The zero-order valence-electron chi connectivity index (χ0n) is 10.3. The van der Waals surface area contributed by atoms with Gasteiger partial charge in [0.1, 0.15) is 0 Å². The van der Waals surface area contributed by atoms with Crippen molar-refractivity contribution < 1.29 is 0 Å². The monoisotopic (exact) mass is 314 g/mol. The molecule has 0 radical (unpaired) electrons. The summed E-state index contributed by atoms with van der Waals surface area (Å²) in [5.41, 5.74) is 5.56. The minimum absolute atomic E-state index is 0.234. The second-order valence-electron chi connectivity index (χ2n) is 4.27. The molecule has 2 aromatic rings. The van der Waals surface area contributed by atoms with E-state index in [0.29, 0.717) is 10.0 Å². The topological polar surface area (TPSA) is 38.0 Å². The molecule has 2 nitrogen and oxygen atoms in total. The largest absolute Gasteiger partial charge is 0.271 e. The molecular formula is C14H13Cl3N2. The summed E-state index contributed by atoms with van der Waals surface area (Å²) in [4.78, 5) is 0. The zero-order valence-corrected chi connectivity index (χ0v) is 12.5. The van der Waals surface area contributed by atoms with E-state index in [9.17, 15) is 0 Å². The van der Waals surface area contributed by atoms with E-state index < -0.39 is 0 Å². The Balaban J connectivity index is 2.49. The molecule has 0 aliphatic rings. The summed E-state index contributed by atoms with van der Waals surface area (Å²) in [5.74, 6) is 5.66. The summed E-state index contributed by atoms with van der Waals surface area (Å²) in [6.07, 6.45) is 0. The van der Waals surface area contributed by atoms with Crippen molar-refractivity contribution in [2.24, 2.45) is 5.84 Å². The molecule has 0 amide bonds. The first-order valence-electron chi connectivity index (χ1n) is 5.70. The normalized spacial score (nSPS) is 12.5. The number of rotatable bonds is 3. The van der Waals surface area contributed by atoms with Crippen LogP contribution in [0, 0.1) is 6.92 Å². The second kappa shape index (κ2) is 6.12. The summed E-state index contributed by atoms with van der Waals surface area (Å²) in [5, 5.41) is 1.95. The maximum atomic E-state index is 6.21. The van der Waals surface area contributed by atoms with E-state index in [-0.39, 0.29) is 6.04 Å². The molecule has 3 N–H and O–H groups in total. The lowest BCUT2D eigenvalue weighted by molar-refractivity contribution is 0.637. The van der Waals surface area contributed by atoms with E-state index >= 15 is 0 Å². The van der Waals surface area contributed by atoms with Crippen LogP contribution in [0.1, 0.15) is 22.7 Å². The summed E-state index contributed by atoms with van der Waals surface area (Å²) >= 11 is 18.3. The third-order valence-corrected chi connectivity index (χ3v) is 3.95. The number of hydrogen-bond acceptors (Lipinski definition) is 2. The molecule has 0 spiro atoms. The van der Waals surface area contributed by atoms with Gasteiger partial charge in [-0.15, -0.1) is 0 Å². The number of benzene rings is 2. The minimum atomic E-state index is -0.234. The predicted octanol–water partition coefficient (Wildman–Crippen LogP) is 4.51. The van der Waals surface area contributed by atoms with Crippen LogP contribution in [0.5, 0.6) is 0 Å². The Hall–Kier alpha value is -0.770. The van der Waals surface area contributed by atoms with Crippen LogP contribution in [0.3, 0.4) is 0 Å². The Kier molecular flexibility index (Phi) is 4.71. The van der Waals surface area contributed by atoms with Crippen molar-refractivity contribution >= 4 is 34.8 Å². The standard InChI is InChI=1S/C14H13Cl3N2/c1-8-6-9(2-4-12(8)16)14(19-18)11-7-10(15)3-5-13(11)17/h2-7,14,19H,18H2,1H3. The third kappa shape index (κ3) is 3.22. The molecule has 0 saturated heterocycles. The average Bonchev–Trinajstić information content (AvgIpc) is 2.38. The number of hydrazine groups is 1. The fourth-order valence-electron chi connectivity index (χ4n) is 1.95. The van der Waals surface area contributed by atoms with Gasteiger partial charge < -0.3 is 0 Å². The van der Waals surface area contributed by atoms with Crippen LogP contribution >= 0.6 is 34.8 Å². The Labute approximate surface area is 127 Å². The highest BCUT2D eigenvalue weighted by molar-refractivity contribution is 6.33. The van der Waals surface area contributed by atoms with Gasteiger partial charge in [-0.3, -0.25) is 5.84 Å². The van der Waals surface area contributed by atoms with Gasteiger partial charge in [0.25, 0.3) is 0 Å². The van der Waals surface area contributed by atoms with Gasteiger partial charge in [0.05, 0.1) is 6.04 Å².